The third-order valence-corrected chi connectivity index (χ3v) is 3.99. The van der Waals surface area contributed by atoms with E-state index in [1.54, 1.807) is 30.5 Å². The molecule has 5 heteroatoms. The number of ether oxygens (including phenoxy) is 2. The van der Waals surface area contributed by atoms with Gasteiger partial charge in [-0.3, -0.25) is 0 Å². The molecule has 136 valence electrons. The van der Waals surface area contributed by atoms with Gasteiger partial charge in [0.25, 0.3) is 0 Å². The van der Waals surface area contributed by atoms with Crippen LogP contribution in [-0.2, 0) is 11.5 Å². The molecule has 0 bridgehead atoms. The summed E-state index contributed by atoms with van der Waals surface area (Å²) in [5, 5.41) is 13.7. The lowest BCUT2D eigenvalue weighted by Gasteiger charge is -2.11. The molecule has 5 nitrogen and oxygen atoms in total. The van der Waals surface area contributed by atoms with Crippen molar-refractivity contribution in [2.24, 2.45) is 5.92 Å². The Bertz CT molecular complexity index is 808. The zero-order valence-electron chi connectivity index (χ0n) is 15.1. The van der Waals surface area contributed by atoms with Crippen LogP contribution in [0.1, 0.15) is 20.3 Å². The first-order chi connectivity index (χ1) is 12.6. The monoisotopic (exact) mass is 352 g/mol. The maximum atomic E-state index is 9.32. The predicted octanol–water partition coefficient (Wildman–Crippen LogP) is 5.07. The molecule has 3 aromatic rings. The predicted molar refractivity (Wildman–Crippen MR) is 101 cm³/mol. The van der Waals surface area contributed by atoms with E-state index >= 15 is 0 Å². The van der Waals surface area contributed by atoms with Crippen molar-refractivity contribution in [3.63, 3.8) is 0 Å². The van der Waals surface area contributed by atoms with E-state index in [2.05, 4.69) is 18.9 Å². The molecule has 3 rings (SSSR count). The zero-order chi connectivity index (χ0) is 18.4. The van der Waals surface area contributed by atoms with Gasteiger partial charge >= 0.3 is 0 Å². The van der Waals surface area contributed by atoms with Gasteiger partial charge in [-0.05, 0) is 66.9 Å². The molecule has 1 N–H and O–H groups in total. The first kappa shape index (κ1) is 18.0. The number of benzene rings is 2. The lowest BCUT2D eigenvalue weighted by Crippen LogP contribution is -2.08. The molecule has 0 unspecified atom stereocenters. The van der Waals surface area contributed by atoms with Crippen LogP contribution in [0.2, 0.25) is 0 Å². The Balaban J connectivity index is 1.63. The average Bonchev–Trinajstić information content (AvgIpc) is 3.10. The van der Waals surface area contributed by atoms with E-state index in [0.29, 0.717) is 18.4 Å². The molecule has 1 heterocycles. The summed E-state index contributed by atoms with van der Waals surface area (Å²) in [6.07, 6.45) is 2.82. The van der Waals surface area contributed by atoms with Crippen LogP contribution in [0.25, 0.3) is 11.3 Å². The second kappa shape index (κ2) is 8.54. The molecule has 0 aliphatic heterocycles. The Morgan fingerprint density at radius 2 is 1.62 bits per heavy atom. The molecule has 0 fully saturated rings. The molecule has 0 saturated carbocycles. The van der Waals surface area contributed by atoms with Crippen LogP contribution >= 0.6 is 0 Å². The number of nitrogens with zero attached hydrogens (tertiary/aromatic N) is 2. The van der Waals surface area contributed by atoms with Gasteiger partial charge in [-0.2, -0.15) is 5.10 Å². The van der Waals surface area contributed by atoms with Crippen molar-refractivity contribution in [3.05, 3.63) is 60.8 Å². The molecule has 1 aromatic heterocycles. The van der Waals surface area contributed by atoms with Gasteiger partial charge in [-0.25, -0.2) is 4.68 Å². The third-order valence-electron chi connectivity index (χ3n) is 3.99. The van der Waals surface area contributed by atoms with Crippen molar-refractivity contribution in [3.8, 4) is 28.5 Å². The largest absolute Gasteiger partial charge is 0.508 e. The standard InChI is InChI=1S/C21H24N2O3/c1-16(2)12-14-25-15-23-21(11-13-22-23)17-3-7-19(8-4-17)26-20-9-5-18(24)6-10-20/h3-11,13,16,24H,12,14-15H2,1-2H3. The molecule has 0 saturated heterocycles. The first-order valence-corrected chi connectivity index (χ1v) is 8.78. The number of rotatable bonds is 8. The number of aromatic hydroxyl groups is 1. The minimum absolute atomic E-state index is 0.219. The van der Waals surface area contributed by atoms with E-state index in [0.717, 1.165) is 30.0 Å². The molecule has 0 radical (unpaired) electrons. The number of phenolic OH excluding ortho intramolecular Hbond substituents is 1. The Morgan fingerprint density at radius 3 is 2.27 bits per heavy atom. The highest BCUT2D eigenvalue weighted by molar-refractivity contribution is 5.60. The summed E-state index contributed by atoms with van der Waals surface area (Å²) in [5.41, 5.74) is 2.05. The fraction of sp³-hybridized carbons (Fsp3) is 0.286. The molecular weight excluding hydrogens is 328 g/mol. The molecule has 26 heavy (non-hydrogen) atoms. The van der Waals surface area contributed by atoms with Gasteiger partial charge in [-0.1, -0.05) is 13.8 Å². The number of hydrogen-bond acceptors (Lipinski definition) is 4. The second-order valence-electron chi connectivity index (χ2n) is 6.56. The minimum atomic E-state index is 0.219. The van der Waals surface area contributed by atoms with Crippen molar-refractivity contribution in [2.45, 2.75) is 27.0 Å². The van der Waals surface area contributed by atoms with E-state index < -0.39 is 0 Å². The Kier molecular flexibility index (Phi) is 5.92. The molecule has 0 aliphatic carbocycles. The van der Waals surface area contributed by atoms with Gasteiger partial charge in [0.1, 0.15) is 24.0 Å². The maximum absolute atomic E-state index is 9.32. The van der Waals surface area contributed by atoms with Gasteiger partial charge in [-0.15, -0.1) is 0 Å². The normalized spacial score (nSPS) is 11.0. The summed E-state index contributed by atoms with van der Waals surface area (Å²) in [4.78, 5) is 0. The van der Waals surface area contributed by atoms with Gasteiger partial charge < -0.3 is 14.6 Å². The van der Waals surface area contributed by atoms with E-state index in [-0.39, 0.29) is 5.75 Å². The molecule has 0 spiro atoms. The van der Waals surface area contributed by atoms with E-state index in [9.17, 15) is 5.11 Å². The SMILES string of the molecule is CC(C)CCOCn1nccc1-c1ccc(Oc2ccc(O)cc2)cc1. The van der Waals surface area contributed by atoms with Crippen LogP contribution in [-0.4, -0.2) is 21.5 Å². The summed E-state index contributed by atoms with van der Waals surface area (Å²) in [6, 6.07) is 16.5. The minimum Gasteiger partial charge on any atom is -0.508 e. The van der Waals surface area contributed by atoms with Crippen LogP contribution in [0.5, 0.6) is 17.2 Å². The van der Waals surface area contributed by atoms with Crippen LogP contribution in [0.3, 0.4) is 0 Å². The quantitative estimate of drug-likeness (QED) is 0.575. The van der Waals surface area contributed by atoms with Gasteiger partial charge in [0, 0.05) is 18.4 Å². The number of hydrogen-bond donors (Lipinski definition) is 1. The lowest BCUT2D eigenvalue weighted by molar-refractivity contribution is 0.0626. The van der Waals surface area contributed by atoms with Gasteiger partial charge in [0.2, 0.25) is 0 Å². The number of aromatic nitrogens is 2. The maximum Gasteiger partial charge on any atom is 0.140 e. The third kappa shape index (κ3) is 4.86. The van der Waals surface area contributed by atoms with Crippen molar-refractivity contribution >= 4 is 0 Å². The van der Waals surface area contributed by atoms with E-state index in [1.165, 1.54) is 0 Å². The highest BCUT2D eigenvalue weighted by Gasteiger charge is 2.07. The summed E-state index contributed by atoms with van der Waals surface area (Å²) in [6.45, 7) is 5.55. The van der Waals surface area contributed by atoms with Crippen molar-refractivity contribution in [1.82, 2.24) is 9.78 Å². The molecule has 0 atom stereocenters. The lowest BCUT2D eigenvalue weighted by atomic mass is 10.1. The highest BCUT2D eigenvalue weighted by atomic mass is 16.5. The summed E-state index contributed by atoms with van der Waals surface area (Å²) < 4.78 is 13.4. The molecular formula is C21H24N2O3. The highest BCUT2D eigenvalue weighted by Crippen LogP contribution is 2.26. The Hall–Kier alpha value is -2.79. The topological polar surface area (TPSA) is 56.5 Å². The Labute approximate surface area is 153 Å². The zero-order valence-corrected chi connectivity index (χ0v) is 15.1. The van der Waals surface area contributed by atoms with Gasteiger partial charge in [0.15, 0.2) is 0 Å². The molecule has 0 amide bonds. The summed E-state index contributed by atoms with van der Waals surface area (Å²) >= 11 is 0. The second-order valence-corrected chi connectivity index (χ2v) is 6.56. The molecule has 2 aromatic carbocycles. The summed E-state index contributed by atoms with van der Waals surface area (Å²) in [7, 11) is 0. The smallest absolute Gasteiger partial charge is 0.140 e. The van der Waals surface area contributed by atoms with Crippen LogP contribution in [0, 0.1) is 5.92 Å². The van der Waals surface area contributed by atoms with E-state index in [4.69, 9.17) is 9.47 Å². The first-order valence-electron chi connectivity index (χ1n) is 8.78. The van der Waals surface area contributed by atoms with E-state index in [1.807, 2.05) is 35.0 Å². The average molecular weight is 352 g/mol. The van der Waals surface area contributed by atoms with Gasteiger partial charge in [0.05, 0.1) is 5.69 Å². The van der Waals surface area contributed by atoms with Crippen molar-refractivity contribution in [2.75, 3.05) is 6.61 Å². The summed E-state index contributed by atoms with van der Waals surface area (Å²) in [5.74, 6) is 2.27. The fourth-order valence-electron chi connectivity index (χ4n) is 2.49. The van der Waals surface area contributed by atoms with Crippen molar-refractivity contribution < 1.29 is 14.6 Å². The van der Waals surface area contributed by atoms with Crippen molar-refractivity contribution in [1.29, 1.82) is 0 Å². The fourth-order valence-corrected chi connectivity index (χ4v) is 2.49. The molecule has 0 aliphatic rings. The number of phenols is 1. The Morgan fingerprint density at radius 1 is 0.962 bits per heavy atom. The van der Waals surface area contributed by atoms with Crippen LogP contribution in [0.15, 0.2) is 60.8 Å². The van der Waals surface area contributed by atoms with Crippen LogP contribution in [0.4, 0.5) is 0 Å². The van der Waals surface area contributed by atoms with Crippen LogP contribution < -0.4 is 4.74 Å².